The molecule has 0 fully saturated rings. The van der Waals surface area contributed by atoms with Crippen LogP contribution in [0.2, 0.25) is 15.1 Å². The molecule has 2 aromatic rings. The van der Waals surface area contributed by atoms with Gasteiger partial charge < -0.3 is 14.8 Å². The minimum absolute atomic E-state index is 0.267. The smallest absolute Gasteiger partial charge is 0.186 e. The van der Waals surface area contributed by atoms with Gasteiger partial charge in [-0.15, -0.1) is 0 Å². The lowest BCUT2D eigenvalue weighted by Gasteiger charge is -2.14. The molecule has 9 heteroatoms. The zero-order chi connectivity index (χ0) is 20.5. The van der Waals surface area contributed by atoms with Crippen molar-refractivity contribution in [2.75, 3.05) is 13.2 Å². The number of rotatable bonds is 8. The lowest BCUT2D eigenvalue weighted by Crippen LogP contribution is -2.31. The Kier molecular flexibility index (Phi) is 9.12. The molecule has 0 aliphatic carbocycles. The van der Waals surface area contributed by atoms with Crippen LogP contribution in [0.1, 0.15) is 25.0 Å². The lowest BCUT2D eigenvalue weighted by atomic mass is 10.2. The molecule has 150 valence electrons. The van der Waals surface area contributed by atoms with Gasteiger partial charge >= 0.3 is 0 Å². The second kappa shape index (κ2) is 11.3. The molecule has 0 unspecified atom stereocenters. The summed E-state index contributed by atoms with van der Waals surface area (Å²) in [5.41, 5.74) is 4.32. The summed E-state index contributed by atoms with van der Waals surface area (Å²) in [7, 11) is 0. The fourth-order valence-electron chi connectivity index (χ4n) is 2.22. The number of benzene rings is 2. The van der Waals surface area contributed by atoms with E-state index in [9.17, 15) is 0 Å². The average molecular weight is 461 g/mol. The van der Waals surface area contributed by atoms with Crippen LogP contribution in [-0.4, -0.2) is 24.5 Å². The van der Waals surface area contributed by atoms with Gasteiger partial charge in [-0.3, -0.25) is 5.43 Å². The van der Waals surface area contributed by atoms with Crippen LogP contribution in [0, 0.1) is 0 Å². The molecule has 28 heavy (non-hydrogen) atoms. The summed E-state index contributed by atoms with van der Waals surface area (Å²) in [5, 5.41) is 8.83. The van der Waals surface area contributed by atoms with Crippen molar-refractivity contribution < 1.29 is 9.47 Å². The van der Waals surface area contributed by atoms with Crippen LogP contribution in [0.5, 0.6) is 11.5 Å². The quantitative estimate of drug-likeness (QED) is 0.312. The number of hydrogen-bond acceptors (Lipinski definition) is 4. The van der Waals surface area contributed by atoms with Crippen LogP contribution in [0.25, 0.3) is 0 Å². The monoisotopic (exact) mass is 459 g/mol. The number of thiocarbonyl (C=S) groups is 1. The molecule has 0 heterocycles. The number of ether oxygens (including phenoxy) is 2. The summed E-state index contributed by atoms with van der Waals surface area (Å²) >= 11 is 23.5. The highest BCUT2D eigenvalue weighted by atomic mass is 35.5. The Morgan fingerprint density at radius 1 is 1.07 bits per heavy atom. The molecule has 0 aliphatic heterocycles. The molecule has 5 nitrogen and oxygen atoms in total. The Hall–Kier alpha value is -1.73. The average Bonchev–Trinajstić information content (AvgIpc) is 2.64. The first-order chi connectivity index (χ1) is 13.4. The lowest BCUT2D eigenvalue weighted by molar-refractivity contribution is 0.269. The zero-order valence-corrected chi connectivity index (χ0v) is 18.5. The topological polar surface area (TPSA) is 54.9 Å². The number of halogens is 3. The second-order valence-electron chi connectivity index (χ2n) is 5.53. The fourth-order valence-corrected chi connectivity index (χ4v) is 3.01. The Bertz CT molecular complexity index is 863. The molecule has 0 amide bonds. The molecule has 0 aromatic heterocycles. The van der Waals surface area contributed by atoms with Gasteiger partial charge in [0, 0.05) is 6.54 Å². The molecule has 0 saturated heterocycles. The molecule has 0 bridgehead atoms. The fraction of sp³-hybridized carbons (Fsp3) is 0.263. The van der Waals surface area contributed by atoms with E-state index in [1.54, 1.807) is 30.5 Å². The maximum atomic E-state index is 6.41. The molecule has 2 aromatic carbocycles. The summed E-state index contributed by atoms with van der Waals surface area (Å²) in [6.07, 6.45) is 1.60. The third-order valence-electron chi connectivity index (χ3n) is 3.42. The van der Waals surface area contributed by atoms with Gasteiger partial charge in [0.05, 0.1) is 27.9 Å². The van der Waals surface area contributed by atoms with Crippen LogP contribution < -0.4 is 20.2 Å². The van der Waals surface area contributed by atoms with E-state index in [1.165, 1.54) is 0 Å². The highest BCUT2D eigenvalue weighted by Crippen LogP contribution is 2.37. The Balaban J connectivity index is 2.16. The summed E-state index contributed by atoms with van der Waals surface area (Å²) in [5.74, 6) is 0.966. The van der Waals surface area contributed by atoms with Gasteiger partial charge in [0.15, 0.2) is 16.6 Å². The number of nitrogens with one attached hydrogen (secondary N) is 2. The van der Waals surface area contributed by atoms with E-state index in [4.69, 9.17) is 56.5 Å². The van der Waals surface area contributed by atoms with Crippen molar-refractivity contribution in [3.05, 3.63) is 56.5 Å². The van der Waals surface area contributed by atoms with Crippen LogP contribution in [0.15, 0.2) is 35.4 Å². The third kappa shape index (κ3) is 6.71. The van der Waals surface area contributed by atoms with Gasteiger partial charge in [-0.2, -0.15) is 5.10 Å². The molecular weight excluding hydrogens is 441 g/mol. The van der Waals surface area contributed by atoms with Crippen molar-refractivity contribution in [2.45, 2.75) is 20.5 Å². The van der Waals surface area contributed by atoms with E-state index >= 15 is 0 Å². The highest BCUT2D eigenvalue weighted by molar-refractivity contribution is 7.80. The van der Waals surface area contributed by atoms with Gasteiger partial charge in [0.1, 0.15) is 6.61 Å². The summed E-state index contributed by atoms with van der Waals surface area (Å²) in [6.45, 7) is 5.27. The van der Waals surface area contributed by atoms with Gasteiger partial charge in [-0.05, 0) is 61.5 Å². The minimum atomic E-state index is 0.267. The van der Waals surface area contributed by atoms with E-state index in [0.717, 1.165) is 11.1 Å². The maximum absolute atomic E-state index is 6.41. The molecule has 2 rings (SSSR count). The predicted octanol–water partition coefficient (Wildman–Crippen LogP) is 5.44. The van der Waals surface area contributed by atoms with Crippen molar-refractivity contribution in [3.8, 4) is 11.5 Å². The maximum Gasteiger partial charge on any atom is 0.186 e. The van der Waals surface area contributed by atoms with Crippen molar-refractivity contribution in [1.29, 1.82) is 0 Å². The first kappa shape index (κ1) is 22.6. The predicted molar refractivity (Wildman–Crippen MR) is 120 cm³/mol. The van der Waals surface area contributed by atoms with E-state index in [-0.39, 0.29) is 6.61 Å². The minimum Gasteiger partial charge on any atom is -0.490 e. The molecule has 0 radical (unpaired) electrons. The first-order valence-corrected chi connectivity index (χ1v) is 10.1. The van der Waals surface area contributed by atoms with Crippen molar-refractivity contribution in [2.24, 2.45) is 5.10 Å². The number of hydrogen-bond donors (Lipinski definition) is 2. The highest BCUT2D eigenvalue weighted by Gasteiger charge is 2.13. The number of hydrazone groups is 1. The van der Waals surface area contributed by atoms with Crippen LogP contribution in [0.4, 0.5) is 0 Å². The van der Waals surface area contributed by atoms with E-state index in [2.05, 4.69) is 15.8 Å². The Morgan fingerprint density at radius 2 is 1.86 bits per heavy atom. The number of nitrogens with zero attached hydrogens (tertiary/aromatic N) is 1. The van der Waals surface area contributed by atoms with Gasteiger partial charge in [0.25, 0.3) is 0 Å². The summed E-state index contributed by atoms with van der Waals surface area (Å²) in [6, 6.07) is 8.83. The van der Waals surface area contributed by atoms with Crippen LogP contribution in [-0.2, 0) is 6.61 Å². The molecular formula is C19H20Cl3N3O2S. The Labute approximate surface area is 185 Å². The molecule has 0 spiro atoms. The largest absolute Gasteiger partial charge is 0.490 e. The van der Waals surface area contributed by atoms with E-state index in [0.29, 0.717) is 44.8 Å². The second-order valence-corrected chi connectivity index (χ2v) is 7.16. The van der Waals surface area contributed by atoms with E-state index < -0.39 is 0 Å². The van der Waals surface area contributed by atoms with Crippen LogP contribution >= 0.6 is 47.0 Å². The zero-order valence-electron chi connectivity index (χ0n) is 15.4. The van der Waals surface area contributed by atoms with Gasteiger partial charge in [0.2, 0.25) is 0 Å². The standard InChI is InChI=1S/C19H20Cl3N3O2S/c1-3-23-19(28)25-24-10-13-8-16(22)18(17(9-13)26-4-2)27-11-12-5-6-14(20)15(21)7-12/h5-10H,3-4,11H2,1-2H3,(H2,23,25,28)/b24-10-. The summed E-state index contributed by atoms with van der Waals surface area (Å²) in [4.78, 5) is 0. The molecule has 2 N–H and O–H groups in total. The van der Waals surface area contributed by atoms with Gasteiger partial charge in [-0.1, -0.05) is 40.9 Å². The van der Waals surface area contributed by atoms with Gasteiger partial charge in [-0.25, -0.2) is 0 Å². The molecule has 0 atom stereocenters. The van der Waals surface area contributed by atoms with Crippen molar-refractivity contribution in [1.82, 2.24) is 10.7 Å². The van der Waals surface area contributed by atoms with Crippen molar-refractivity contribution in [3.63, 3.8) is 0 Å². The van der Waals surface area contributed by atoms with Crippen LogP contribution in [0.3, 0.4) is 0 Å². The molecule has 0 aliphatic rings. The molecule has 0 saturated carbocycles. The summed E-state index contributed by atoms with van der Waals surface area (Å²) < 4.78 is 11.6. The van der Waals surface area contributed by atoms with Crippen molar-refractivity contribution >= 4 is 58.3 Å². The van der Waals surface area contributed by atoms with E-state index in [1.807, 2.05) is 19.9 Å². The normalized spacial score (nSPS) is 10.8. The first-order valence-electron chi connectivity index (χ1n) is 8.54. The SMILES string of the molecule is CCNC(=S)N/N=C\c1cc(Cl)c(OCc2ccc(Cl)c(Cl)c2)c(OCC)c1. The third-order valence-corrected chi connectivity index (χ3v) is 4.67. The Morgan fingerprint density at radius 3 is 2.54 bits per heavy atom.